The molecule has 0 radical (unpaired) electrons. The van der Waals surface area contributed by atoms with Crippen molar-refractivity contribution in [3.05, 3.63) is 102 Å². The number of carbonyl (C=O) groups is 2. The Kier molecular flexibility index (Phi) is 10.3. The molecule has 1 N–H and O–H groups in total. The summed E-state index contributed by atoms with van der Waals surface area (Å²) < 4.78 is 10.7. The van der Waals surface area contributed by atoms with Gasteiger partial charge in [-0.1, -0.05) is 72.8 Å². The van der Waals surface area contributed by atoms with Gasteiger partial charge in [-0.05, 0) is 42.2 Å². The predicted molar refractivity (Wildman–Crippen MR) is 137 cm³/mol. The number of nitrogens with zero attached hydrogens (tertiary/aromatic N) is 1. The number of amides is 2. The van der Waals surface area contributed by atoms with E-state index in [2.05, 4.69) is 5.32 Å². The molecule has 0 fully saturated rings. The molecule has 6 heteroatoms. The maximum Gasteiger partial charge on any atom is 0.247 e. The van der Waals surface area contributed by atoms with E-state index in [0.717, 1.165) is 22.4 Å². The third kappa shape index (κ3) is 7.97. The summed E-state index contributed by atoms with van der Waals surface area (Å²) in [5.74, 6) is 0.413. The molecule has 0 aliphatic carbocycles. The molecule has 2 amide bonds. The van der Waals surface area contributed by atoms with E-state index >= 15 is 0 Å². The average Bonchev–Trinajstić information content (AvgIpc) is 2.90. The van der Waals surface area contributed by atoms with Crippen LogP contribution in [-0.2, 0) is 27.3 Å². The van der Waals surface area contributed by atoms with E-state index in [4.69, 9.17) is 9.47 Å². The lowest BCUT2D eigenvalue weighted by Crippen LogP contribution is -2.44. The first-order chi connectivity index (χ1) is 17.1. The van der Waals surface area contributed by atoms with Gasteiger partial charge in [0, 0.05) is 26.3 Å². The van der Waals surface area contributed by atoms with Crippen LogP contribution in [0.3, 0.4) is 0 Å². The van der Waals surface area contributed by atoms with Crippen LogP contribution in [0.4, 0.5) is 0 Å². The summed E-state index contributed by atoms with van der Waals surface area (Å²) >= 11 is 0. The number of carbonyl (C=O) groups excluding carboxylic acids is 2. The smallest absolute Gasteiger partial charge is 0.247 e. The topological polar surface area (TPSA) is 67.9 Å². The fourth-order valence-corrected chi connectivity index (χ4v) is 3.86. The van der Waals surface area contributed by atoms with Crippen LogP contribution in [0.1, 0.15) is 36.1 Å². The Morgan fingerprint density at radius 3 is 2.17 bits per heavy atom. The Morgan fingerprint density at radius 1 is 0.886 bits per heavy atom. The number of benzene rings is 3. The van der Waals surface area contributed by atoms with E-state index in [1.165, 1.54) is 0 Å². The average molecular weight is 475 g/mol. The van der Waals surface area contributed by atoms with Gasteiger partial charge in [0.15, 0.2) is 0 Å². The molecule has 0 saturated heterocycles. The Hall–Kier alpha value is -3.64. The minimum Gasteiger partial charge on any atom is -0.497 e. The number of nitrogens with one attached hydrogen (secondary N) is 1. The summed E-state index contributed by atoms with van der Waals surface area (Å²) in [6, 6.07) is 25.9. The fraction of sp³-hybridized carbons (Fsp3) is 0.310. The van der Waals surface area contributed by atoms with Crippen LogP contribution in [0.5, 0.6) is 5.75 Å². The molecule has 0 aliphatic heterocycles. The molecular formula is C29H34N2O4. The van der Waals surface area contributed by atoms with E-state index in [9.17, 15) is 9.59 Å². The van der Waals surface area contributed by atoms with Gasteiger partial charge in [0.05, 0.1) is 13.5 Å². The minimum absolute atomic E-state index is 0.120. The molecule has 3 rings (SSSR count). The molecule has 0 unspecified atom stereocenters. The van der Waals surface area contributed by atoms with Gasteiger partial charge in [0.1, 0.15) is 11.8 Å². The Labute approximate surface area is 207 Å². The molecule has 3 aromatic rings. The molecular weight excluding hydrogens is 440 g/mol. The first kappa shape index (κ1) is 26.0. The first-order valence-electron chi connectivity index (χ1n) is 12.0. The monoisotopic (exact) mass is 474 g/mol. The van der Waals surface area contributed by atoms with Gasteiger partial charge >= 0.3 is 0 Å². The largest absolute Gasteiger partial charge is 0.497 e. The minimum atomic E-state index is -0.762. The molecule has 0 spiro atoms. The summed E-state index contributed by atoms with van der Waals surface area (Å²) in [5.41, 5.74) is 2.59. The molecule has 1 atom stereocenters. The Morgan fingerprint density at radius 2 is 1.54 bits per heavy atom. The molecule has 184 valence electrons. The zero-order valence-electron chi connectivity index (χ0n) is 20.5. The van der Waals surface area contributed by atoms with E-state index in [1.54, 1.807) is 12.0 Å². The highest BCUT2D eigenvalue weighted by molar-refractivity contribution is 5.89. The van der Waals surface area contributed by atoms with E-state index in [0.29, 0.717) is 32.7 Å². The number of methoxy groups -OCH3 is 1. The molecule has 3 aromatic carbocycles. The van der Waals surface area contributed by atoms with Crippen LogP contribution in [0.15, 0.2) is 84.9 Å². The first-order valence-corrected chi connectivity index (χ1v) is 12.0. The van der Waals surface area contributed by atoms with Crippen molar-refractivity contribution in [2.45, 2.75) is 32.4 Å². The lowest BCUT2D eigenvalue weighted by molar-refractivity contribution is -0.141. The number of hydrogen-bond acceptors (Lipinski definition) is 4. The van der Waals surface area contributed by atoms with Crippen LogP contribution in [0.2, 0.25) is 0 Å². The molecule has 0 saturated carbocycles. The van der Waals surface area contributed by atoms with Crippen LogP contribution >= 0.6 is 0 Å². The van der Waals surface area contributed by atoms with Gasteiger partial charge in [-0.2, -0.15) is 0 Å². The van der Waals surface area contributed by atoms with Crippen molar-refractivity contribution in [3.8, 4) is 5.75 Å². The number of ether oxygens (including phenoxy) is 2. The second-order valence-corrected chi connectivity index (χ2v) is 8.19. The van der Waals surface area contributed by atoms with Crippen molar-refractivity contribution < 1.29 is 19.1 Å². The Balaban J connectivity index is 1.90. The fourth-order valence-electron chi connectivity index (χ4n) is 3.86. The molecule has 6 nitrogen and oxygen atoms in total. The highest BCUT2D eigenvalue weighted by Crippen LogP contribution is 2.25. The Bertz CT molecular complexity index is 1040. The maximum atomic E-state index is 13.7. The van der Waals surface area contributed by atoms with Gasteiger partial charge < -0.3 is 19.7 Å². The van der Waals surface area contributed by atoms with Crippen molar-refractivity contribution in [1.82, 2.24) is 10.2 Å². The number of rotatable bonds is 13. The summed E-state index contributed by atoms with van der Waals surface area (Å²) in [7, 11) is 1.62. The third-order valence-electron chi connectivity index (χ3n) is 5.67. The van der Waals surface area contributed by atoms with Crippen molar-refractivity contribution in [2.75, 3.05) is 26.9 Å². The van der Waals surface area contributed by atoms with E-state index in [-0.39, 0.29) is 18.2 Å². The van der Waals surface area contributed by atoms with Crippen LogP contribution in [0, 0.1) is 0 Å². The second kappa shape index (κ2) is 13.9. The third-order valence-corrected chi connectivity index (χ3v) is 5.67. The lowest BCUT2D eigenvalue weighted by atomic mass is 10.0. The van der Waals surface area contributed by atoms with Crippen molar-refractivity contribution in [2.24, 2.45) is 0 Å². The maximum absolute atomic E-state index is 13.7. The van der Waals surface area contributed by atoms with Gasteiger partial charge in [-0.15, -0.1) is 0 Å². The summed E-state index contributed by atoms with van der Waals surface area (Å²) in [5, 5.41) is 3.01. The summed E-state index contributed by atoms with van der Waals surface area (Å²) in [6.07, 6.45) is 0.912. The highest BCUT2D eigenvalue weighted by atomic mass is 16.5. The van der Waals surface area contributed by atoms with Crippen molar-refractivity contribution in [3.63, 3.8) is 0 Å². The van der Waals surface area contributed by atoms with E-state index in [1.807, 2.05) is 91.9 Å². The zero-order chi connectivity index (χ0) is 24.9. The molecule has 0 aliphatic rings. The van der Waals surface area contributed by atoms with Gasteiger partial charge in [0.2, 0.25) is 11.8 Å². The molecule has 0 bridgehead atoms. The SMILES string of the molecule is CCOCCCNC(=O)[C@@H](c1ccccc1)N(Cc1ccc(OC)cc1)C(=O)Cc1ccccc1. The standard InChI is InChI=1S/C29H34N2O4/c1-3-35-20-10-19-30-29(33)28(25-13-8-5-9-14-25)31(22-24-15-17-26(34-2)18-16-24)27(32)21-23-11-6-4-7-12-23/h4-9,11-18,28H,3,10,19-22H2,1-2H3,(H,30,33)/t28-/m1/s1. The molecule has 35 heavy (non-hydrogen) atoms. The summed E-state index contributed by atoms with van der Waals surface area (Å²) in [6.45, 7) is 3.94. The second-order valence-electron chi connectivity index (χ2n) is 8.19. The van der Waals surface area contributed by atoms with Crippen LogP contribution in [0.25, 0.3) is 0 Å². The molecule has 0 aromatic heterocycles. The van der Waals surface area contributed by atoms with Crippen molar-refractivity contribution >= 4 is 11.8 Å². The van der Waals surface area contributed by atoms with Crippen LogP contribution < -0.4 is 10.1 Å². The van der Waals surface area contributed by atoms with Gasteiger partial charge in [-0.25, -0.2) is 0 Å². The zero-order valence-corrected chi connectivity index (χ0v) is 20.5. The number of hydrogen-bond donors (Lipinski definition) is 1. The predicted octanol–water partition coefficient (Wildman–Crippen LogP) is 4.55. The van der Waals surface area contributed by atoms with E-state index < -0.39 is 6.04 Å². The normalized spacial score (nSPS) is 11.5. The highest BCUT2D eigenvalue weighted by Gasteiger charge is 2.31. The van der Waals surface area contributed by atoms with Gasteiger partial charge in [0.25, 0.3) is 0 Å². The quantitative estimate of drug-likeness (QED) is 0.369. The van der Waals surface area contributed by atoms with Crippen molar-refractivity contribution in [1.29, 1.82) is 0 Å². The lowest BCUT2D eigenvalue weighted by Gasteiger charge is -2.32. The molecule has 0 heterocycles. The van der Waals surface area contributed by atoms with Crippen LogP contribution in [-0.4, -0.2) is 43.6 Å². The van der Waals surface area contributed by atoms with Gasteiger partial charge in [-0.3, -0.25) is 9.59 Å². The summed E-state index contributed by atoms with van der Waals surface area (Å²) in [4.78, 5) is 28.8.